The number of ketones is 2. The molecule has 7 nitrogen and oxygen atoms in total. The fourth-order valence-corrected chi connectivity index (χ4v) is 9.30. The molecule has 2 heterocycles. The average molecular weight is 553 g/mol. The number of rotatable bonds is 6. The fourth-order valence-electron chi connectivity index (χ4n) is 8.51. The van der Waals surface area contributed by atoms with Crippen LogP contribution < -0.4 is 0 Å². The van der Waals surface area contributed by atoms with E-state index in [1.807, 2.05) is 26.8 Å². The Morgan fingerprint density at radius 2 is 1.78 bits per heavy atom. The van der Waals surface area contributed by atoms with E-state index in [1.165, 1.54) is 6.08 Å². The average Bonchev–Trinajstić information content (AvgIpc) is 3.44. The van der Waals surface area contributed by atoms with Crippen molar-refractivity contribution in [3.05, 3.63) is 23.8 Å². The maximum Gasteiger partial charge on any atom is 0.306 e. The van der Waals surface area contributed by atoms with Crippen LogP contribution in [0.15, 0.2) is 23.8 Å². The number of carbonyl (C=O) groups excluding carboxylic acids is 4. The van der Waals surface area contributed by atoms with Crippen LogP contribution in [0, 0.1) is 22.7 Å². The molecule has 0 N–H and O–H groups in total. The minimum atomic E-state index is -1.76. The van der Waals surface area contributed by atoms with Crippen molar-refractivity contribution in [2.24, 2.45) is 22.7 Å². The molecule has 1 saturated carbocycles. The van der Waals surface area contributed by atoms with Gasteiger partial charge in [0.2, 0.25) is 10.1 Å². The van der Waals surface area contributed by atoms with Gasteiger partial charge in [0.1, 0.15) is 5.60 Å². The van der Waals surface area contributed by atoms with Crippen molar-refractivity contribution in [3.8, 4) is 0 Å². The summed E-state index contributed by atoms with van der Waals surface area (Å²) in [6, 6.07) is 0. The van der Waals surface area contributed by atoms with E-state index in [-0.39, 0.29) is 24.7 Å². The highest BCUT2D eigenvalue weighted by Crippen LogP contribution is 2.78. The molecular weight excluding hydrogens is 519 g/mol. The largest absolute Gasteiger partial charge is 0.457 e. The summed E-state index contributed by atoms with van der Waals surface area (Å²) in [4.78, 5) is 51.5. The molecule has 37 heavy (non-hydrogen) atoms. The minimum absolute atomic E-state index is 0.106. The SMILES string of the molecule is CCC(=O)OCC(=O)[C@@]1(OC(=O)CC)[C@@H](C)C[C@@H]2[C@]1(C)CC=C1[C@]23CC[C@@]2(O3)C(Cl)(Cl)C(=O)C=C[C@]12C. The van der Waals surface area contributed by atoms with E-state index in [2.05, 4.69) is 6.08 Å². The first-order valence-electron chi connectivity index (χ1n) is 13.2. The number of carbonyl (C=O) groups is 4. The second-order valence-electron chi connectivity index (χ2n) is 11.7. The van der Waals surface area contributed by atoms with Crippen molar-refractivity contribution in [2.75, 3.05) is 6.61 Å². The molecule has 2 aliphatic heterocycles. The monoisotopic (exact) mass is 552 g/mol. The van der Waals surface area contributed by atoms with E-state index in [9.17, 15) is 19.2 Å². The van der Waals surface area contributed by atoms with Gasteiger partial charge in [0.05, 0.1) is 5.60 Å². The first-order valence-corrected chi connectivity index (χ1v) is 13.9. The molecule has 0 radical (unpaired) electrons. The van der Waals surface area contributed by atoms with Crippen LogP contribution in [-0.4, -0.2) is 51.2 Å². The number of ether oxygens (including phenoxy) is 3. The van der Waals surface area contributed by atoms with Gasteiger partial charge in [-0.1, -0.05) is 63.0 Å². The van der Waals surface area contributed by atoms with Crippen LogP contribution in [0.4, 0.5) is 0 Å². The number of halogens is 2. The van der Waals surface area contributed by atoms with E-state index in [0.717, 1.165) is 5.57 Å². The van der Waals surface area contributed by atoms with E-state index in [1.54, 1.807) is 13.8 Å². The summed E-state index contributed by atoms with van der Waals surface area (Å²) in [6.07, 6.45) is 7.69. The molecule has 0 amide bonds. The summed E-state index contributed by atoms with van der Waals surface area (Å²) in [7, 11) is 0. The second kappa shape index (κ2) is 8.15. The summed E-state index contributed by atoms with van der Waals surface area (Å²) in [5, 5.41) is 0. The van der Waals surface area contributed by atoms with E-state index >= 15 is 0 Å². The van der Waals surface area contributed by atoms with Crippen LogP contribution in [0.3, 0.4) is 0 Å². The van der Waals surface area contributed by atoms with Crippen LogP contribution in [-0.2, 0) is 33.4 Å². The summed E-state index contributed by atoms with van der Waals surface area (Å²) in [5.41, 5.74) is -3.98. The molecule has 3 fully saturated rings. The molecule has 2 spiro atoms. The van der Waals surface area contributed by atoms with Crippen LogP contribution in [0.1, 0.15) is 73.1 Å². The highest BCUT2D eigenvalue weighted by molar-refractivity contribution is 6.60. The highest BCUT2D eigenvalue weighted by Gasteiger charge is 2.84. The lowest BCUT2D eigenvalue weighted by Gasteiger charge is -2.54. The van der Waals surface area contributed by atoms with E-state index in [4.69, 9.17) is 37.4 Å². The van der Waals surface area contributed by atoms with Gasteiger partial charge in [0.15, 0.2) is 18.0 Å². The highest BCUT2D eigenvalue weighted by atomic mass is 35.5. The Balaban J connectivity index is 1.64. The molecule has 5 rings (SSSR count). The van der Waals surface area contributed by atoms with Crippen molar-refractivity contribution < 1.29 is 33.4 Å². The number of hydrogen-bond donors (Lipinski definition) is 0. The Hall–Kier alpha value is -1.70. The Bertz CT molecular complexity index is 1160. The van der Waals surface area contributed by atoms with Gasteiger partial charge < -0.3 is 14.2 Å². The third-order valence-corrected chi connectivity index (χ3v) is 11.3. The third kappa shape index (κ3) is 2.94. The predicted molar refractivity (Wildman–Crippen MR) is 136 cm³/mol. The van der Waals surface area contributed by atoms with Crippen molar-refractivity contribution >= 4 is 46.7 Å². The summed E-state index contributed by atoms with van der Waals surface area (Å²) in [5.74, 6) is -2.38. The molecule has 5 aliphatic rings. The summed E-state index contributed by atoms with van der Waals surface area (Å²) < 4.78 is 16.6. The molecule has 0 aromatic rings. The van der Waals surface area contributed by atoms with E-state index in [0.29, 0.717) is 25.7 Å². The number of Topliss-reactive ketones (excluding diaryl/α,β-unsaturated/α-hetero) is 1. The van der Waals surface area contributed by atoms with Crippen LogP contribution in [0.5, 0.6) is 0 Å². The zero-order valence-electron chi connectivity index (χ0n) is 22.0. The van der Waals surface area contributed by atoms with Crippen molar-refractivity contribution in [3.63, 3.8) is 0 Å². The lowest BCUT2D eigenvalue weighted by molar-refractivity contribution is -0.196. The summed E-state index contributed by atoms with van der Waals surface area (Å²) >= 11 is 13.6. The molecule has 0 aromatic heterocycles. The Kier molecular flexibility index (Phi) is 5.93. The van der Waals surface area contributed by atoms with Crippen LogP contribution >= 0.6 is 23.2 Å². The van der Waals surface area contributed by atoms with Crippen LogP contribution in [0.2, 0.25) is 0 Å². The van der Waals surface area contributed by atoms with Gasteiger partial charge in [-0.3, -0.25) is 19.2 Å². The molecule has 202 valence electrons. The van der Waals surface area contributed by atoms with Gasteiger partial charge in [-0.15, -0.1) is 0 Å². The van der Waals surface area contributed by atoms with Gasteiger partial charge in [-0.25, -0.2) is 0 Å². The normalized spacial score (nSPS) is 44.5. The Morgan fingerprint density at radius 1 is 1.11 bits per heavy atom. The predicted octanol–water partition coefficient (Wildman–Crippen LogP) is 4.81. The Morgan fingerprint density at radius 3 is 2.43 bits per heavy atom. The molecular formula is C28H34Cl2O7. The molecule has 2 saturated heterocycles. The lowest BCUT2D eigenvalue weighted by atomic mass is 9.49. The fraction of sp³-hybridized carbons (Fsp3) is 0.714. The van der Waals surface area contributed by atoms with E-state index < -0.39 is 62.1 Å². The molecule has 3 aliphatic carbocycles. The molecule has 0 aromatic carbocycles. The van der Waals surface area contributed by atoms with Crippen molar-refractivity contribution in [1.29, 1.82) is 0 Å². The lowest BCUT2D eigenvalue weighted by Crippen LogP contribution is -2.62. The van der Waals surface area contributed by atoms with Crippen molar-refractivity contribution in [2.45, 2.75) is 94.3 Å². The van der Waals surface area contributed by atoms with Crippen molar-refractivity contribution in [1.82, 2.24) is 0 Å². The standard InChI is InChI=1S/C28H34Cl2O7/c1-6-21(33)35-15-20(32)27(36-22(34)7-2)16(3)14-18-24(27,5)10-8-17-23(4)11-9-19(31)28(29,30)26(23)13-12-25(17,18)37-26/h8-9,11,16,18H,6-7,10,12-15H2,1-5H3/t16-,18+,23+,24-,25+,26-,27-/m0/s1. The minimum Gasteiger partial charge on any atom is -0.457 e. The van der Waals surface area contributed by atoms with Gasteiger partial charge >= 0.3 is 11.9 Å². The molecule has 9 heteroatoms. The number of hydrogen-bond acceptors (Lipinski definition) is 7. The molecule has 7 atom stereocenters. The third-order valence-electron chi connectivity index (χ3n) is 10.3. The number of fused-ring (bicyclic) bond motifs is 2. The quantitative estimate of drug-likeness (QED) is 0.265. The zero-order chi connectivity index (χ0) is 27.2. The van der Waals surface area contributed by atoms with Gasteiger partial charge in [-0.05, 0) is 44.3 Å². The first-order chi connectivity index (χ1) is 17.2. The molecule has 2 bridgehead atoms. The van der Waals surface area contributed by atoms with Crippen LogP contribution in [0.25, 0.3) is 0 Å². The first kappa shape index (κ1) is 26.9. The second-order valence-corrected chi connectivity index (χ2v) is 13.0. The maximum absolute atomic E-state index is 13.9. The molecule has 0 unspecified atom stereocenters. The van der Waals surface area contributed by atoms with Gasteiger partial charge in [0, 0.05) is 35.5 Å². The maximum atomic E-state index is 13.9. The topological polar surface area (TPSA) is 96.0 Å². The number of allylic oxidation sites excluding steroid dienone is 2. The Labute approximate surface area is 227 Å². The smallest absolute Gasteiger partial charge is 0.306 e. The number of esters is 2. The zero-order valence-corrected chi connectivity index (χ0v) is 23.5. The summed E-state index contributed by atoms with van der Waals surface area (Å²) in [6.45, 7) is 8.77. The van der Waals surface area contributed by atoms with Gasteiger partial charge in [0.25, 0.3) is 0 Å². The number of alkyl halides is 2. The van der Waals surface area contributed by atoms with Gasteiger partial charge in [-0.2, -0.15) is 0 Å².